The molecule has 0 fully saturated rings. The number of rotatable bonds is 8. The van der Waals surface area contributed by atoms with Crippen LogP contribution >= 0.6 is 0 Å². The Kier molecular flexibility index (Phi) is 6.44. The molecule has 0 aliphatic rings. The molecular formula is C15H22FNO. The smallest absolute Gasteiger partial charge is 0.165 e. The molecule has 0 aliphatic carbocycles. The van der Waals surface area contributed by atoms with E-state index < -0.39 is 0 Å². The average Bonchev–Trinajstić information content (AvgIpc) is 2.35. The first-order valence-electron chi connectivity index (χ1n) is 6.44. The summed E-state index contributed by atoms with van der Waals surface area (Å²) in [5.74, 6) is -0.0287. The van der Waals surface area contributed by atoms with E-state index in [1.165, 1.54) is 6.07 Å². The van der Waals surface area contributed by atoms with Crippen molar-refractivity contribution in [3.05, 3.63) is 42.2 Å². The van der Waals surface area contributed by atoms with Crippen molar-refractivity contribution in [2.75, 3.05) is 6.61 Å². The van der Waals surface area contributed by atoms with Crippen LogP contribution < -0.4 is 10.5 Å². The van der Waals surface area contributed by atoms with Crippen LogP contribution in [0.15, 0.2) is 30.9 Å². The summed E-state index contributed by atoms with van der Waals surface area (Å²) in [7, 11) is 0. The SMILES string of the molecule is C=CCCCCCOc1ccc(C(C)N)cc1F. The molecule has 0 radical (unpaired) electrons. The lowest BCUT2D eigenvalue weighted by Crippen LogP contribution is -2.06. The van der Waals surface area contributed by atoms with E-state index >= 15 is 0 Å². The van der Waals surface area contributed by atoms with Crippen molar-refractivity contribution in [1.82, 2.24) is 0 Å². The third-order valence-electron chi connectivity index (χ3n) is 2.79. The molecule has 0 aromatic heterocycles. The Morgan fingerprint density at radius 2 is 2.17 bits per heavy atom. The maximum atomic E-state index is 13.6. The molecule has 0 saturated heterocycles. The van der Waals surface area contributed by atoms with E-state index in [1.807, 2.05) is 13.0 Å². The molecule has 1 aromatic rings. The molecule has 0 heterocycles. The highest BCUT2D eigenvalue weighted by molar-refractivity contribution is 5.30. The van der Waals surface area contributed by atoms with Gasteiger partial charge >= 0.3 is 0 Å². The minimum absolute atomic E-state index is 0.160. The molecule has 0 bridgehead atoms. The van der Waals surface area contributed by atoms with Crippen molar-refractivity contribution in [3.63, 3.8) is 0 Å². The minimum atomic E-state index is -0.337. The van der Waals surface area contributed by atoms with E-state index in [0.29, 0.717) is 12.4 Å². The number of benzene rings is 1. The number of hydrogen-bond donors (Lipinski definition) is 1. The molecule has 2 nitrogen and oxygen atoms in total. The molecule has 1 atom stereocenters. The van der Waals surface area contributed by atoms with Gasteiger partial charge in [0.25, 0.3) is 0 Å². The third-order valence-corrected chi connectivity index (χ3v) is 2.79. The fraction of sp³-hybridized carbons (Fsp3) is 0.467. The van der Waals surface area contributed by atoms with Gasteiger partial charge in [-0.05, 0) is 50.3 Å². The zero-order valence-electron chi connectivity index (χ0n) is 11.0. The molecule has 0 spiro atoms. The van der Waals surface area contributed by atoms with Crippen molar-refractivity contribution < 1.29 is 9.13 Å². The van der Waals surface area contributed by atoms with Crippen LogP contribution in [-0.2, 0) is 0 Å². The second-order valence-corrected chi connectivity index (χ2v) is 4.47. The van der Waals surface area contributed by atoms with Crippen LogP contribution in [-0.4, -0.2) is 6.61 Å². The van der Waals surface area contributed by atoms with Gasteiger partial charge in [0.15, 0.2) is 11.6 Å². The van der Waals surface area contributed by atoms with Crippen LogP contribution in [0.3, 0.4) is 0 Å². The summed E-state index contributed by atoms with van der Waals surface area (Å²) in [6.07, 6.45) is 6.05. The lowest BCUT2D eigenvalue weighted by atomic mass is 10.1. The zero-order valence-corrected chi connectivity index (χ0v) is 11.0. The second kappa shape index (κ2) is 7.88. The van der Waals surface area contributed by atoms with Crippen LogP contribution in [0.2, 0.25) is 0 Å². The average molecular weight is 251 g/mol. The van der Waals surface area contributed by atoms with Gasteiger partial charge < -0.3 is 10.5 Å². The molecule has 0 amide bonds. The van der Waals surface area contributed by atoms with Crippen molar-refractivity contribution in [2.24, 2.45) is 5.73 Å². The topological polar surface area (TPSA) is 35.2 Å². The Bertz CT molecular complexity index is 377. The first-order chi connectivity index (χ1) is 8.65. The maximum absolute atomic E-state index is 13.6. The van der Waals surface area contributed by atoms with E-state index in [4.69, 9.17) is 10.5 Å². The summed E-state index contributed by atoms with van der Waals surface area (Å²) < 4.78 is 19.1. The highest BCUT2D eigenvalue weighted by Crippen LogP contribution is 2.21. The summed E-state index contributed by atoms with van der Waals surface area (Å²) in [5.41, 5.74) is 6.47. The van der Waals surface area contributed by atoms with Gasteiger partial charge in [-0.15, -0.1) is 6.58 Å². The van der Waals surface area contributed by atoms with E-state index in [2.05, 4.69) is 6.58 Å². The summed E-state index contributed by atoms with van der Waals surface area (Å²) in [4.78, 5) is 0. The van der Waals surface area contributed by atoms with Crippen LogP contribution in [0.4, 0.5) is 4.39 Å². The molecular weight excluding hydrogens is 229 g/mol. The minimum Gasteiger partial charge on any atom is -0.491 e. The first kappa shape index (κ1) is 14.7. The number of allylic oxidation sites excluding steroid dienone is 1. The Balaban J connectivity index is 2.36. The van der Waals surface area contributed by atoms with Gasteiger partial charge in [0.2, 0.25) is 0 Å². The second-order valence-electron chi connectivity index (χ2n) is 4.47. The number of unbranched alkanes of at least 4 members (excludes halogenated alkanes) is 3. The first-order valence-corrected chi connectivity index (χ1v) is 6.44. The van der Waals surface area contributed by atoms with Gasteiger partial charge in [0.1, 0.15) is 0 Å². The lowest BCUT2D eigenvalue weighted by molar-refractivity contribution is 0.290. The predicted octanol–water partition coefficient (Wildman–Crippen LogP) is 3.97. The maximum Gasteiger partial charge on any atom is 0.165 e. The molecule has 0 saturated carbocycles. The van der Waals surface area contributed by atoms with Crippen molar-refractivity contribution in [3.8, 4) is 5.75 Å². The highest BCUT2D eigenvalue weighted by atomic mass is 19.1. The van der Waals surface area contributed by atoms with Gasteiger partial charge in [0, 0.05) is 6.04 Å². The van der Waals surface area contributed by atoms with Gasteiger partial charge in [0.05, 0.1) is 6.61 Å². The number of ether oxygens (including phenoxy) is 1. The number of hydrogen-bond acceptors (Lipinski definition) is 2. The van der Waals surface area contributed by atoms with Gasteiger partial charge in [-0.3, -0.25) is 0 Å². The van der Waals surface area contributed by atoms with Crippen molar-refractivity contribution in [1.29, 1.82) is 0 Å². The van der Waals surface area contributed by atoms with E-state index in [-0.39, 0.29) is 11.9 Å². The predicted molar refractivity (Wildman–Crippen MR) is 73.2 cm³/mol. The van der Waals surface area contributed by atoms with Gasteiger partial charge in [-0.1, -0.05) is 12.1 Å². The summed E-state index contributed by atoms with van der Waals surface area (Å²) in [5, 5.41) is 0. The van der Waals surface area contributed by atoms with E-state index in [9.17, 15) is 4.39 Å². The Morgan fingerprint density at radius 1 is 1.39 bits per heavy atom. The van der Waals surface area contributed by atoms with Crippen molar-refractivity contribution in [2.45, 2.75) is 38.6 Å². The van der Waals surface area contributed by atoms with Crippen LogP contribution in [0.25, 0.3) is 0 Å². The number of halogens is 1. The standard InChI is InChI=1S/C15H22FNO/c1-3-4-5-6-7-10-18-15-9-8-13(12(2)17)11-14(15)16/h3,8-9,11-12H,1,4-7,10,17H2,2H3. The molecule has 1 aromatic carbocycles. The molecule has 2 N–H and O–H groups in total. The Morgan fingerprint density at radius 3 is 2.78 bits per heavy atom. The number of nitrogens with two attached hydrogens (primary N) is 1. The van der Waals surface area contributed by atoms with E-state index in [0.717, 1.165) is 31.2 Å². The summed E-state index contributed by atoms with van der Waals surface area (Å²) in [6, 6.07) is 4.74. The molecule has 18 heavy (non-hydrogen) atoms. The van der Waals surface area contributed by atoms with Crippen LogP contribution in [0.5, 0.6) is 5.75 Å². The molecule has 100 valence electrons. The van der Waals surface area contributed by atoms with Crippen LogP contribution in [0.1, 0.15) is 44.2 Å². The fourth-order valence-electron chi connectivity index (χ4n) is 1.67. The summed E-state index contributed by atoms with van der Waals surface area (Å²) in [6.45, 7) is 6.04. The zero-order chi connectivity index (χ0) is 13.4. The largest absolute Gasteiger partial charge is 0.491 e. The molecule has 0 aliphatic heterocycles. The van der Waals surface area contributed by atoms with Gasteiger partial charge in [-0.2, -0.15) is 0 Å². The van der Waals surface area contributed by atoms with E-state index in [1.54, 1.807) is 12.1 Å². The van der Waals surface area contributed by atoms with Crippen molar-refractivity contribution >= 4 is 0 Å². The lowest BCUT2D eigenvalue weighted by Gasteiger charge is -2.10. The molecule has 1 rings (SSSR count). The quantitative estimate of drug-likeness (QED) is 0.560. The van der Waals surface area contributed by atoms with Crippen LogP contribution in [0, 0.1) is 5.82 Å². The molecule has 1 unspecified atom stereocenters. The highest BCUT2D eigenvalue weighted by Gasteiger charge is 2.06. The monoisotopic (exact) mass is 251 g/mol. The fourth-order valence-corrected chi connectivity index (χ4v) is 1.67. The van der Waals surface area contributed by atoms with Gasteiger partial charge in [-0.25, -0.2) is 4.39 Å². The molecule has 3 heteroatoms. The summed E-state index contributed by atoms with van der Waals surface area (Å²) >= 11 is 0. The Labute approximate surface area is 109 Å². The Hall–Kier alpha value is -1.35. The third kappa shape index (κ3) is 4.88. The normalized spacial score (nSPS) is 12.2.